The monoisotopic (exact) mass is 347 g/mol. The highest BCUT2D eigenvalue weighted by molar-refractivity contribution is 7.18. The lowest BCUT2D eigenvalue weighted by molar-refractivity contribution is 0.504. The summed E-state index contributed by atoms with van der Waals surface area (Å²) in [6.07, 6.45) is 1.95. The largest absolute Gasteiger partial charge is 0.261 e. The quantitative estimate of drug-likeness (QED) is 0.649. The van der Waals surface area contributed by atoms with Crippen LogP contribution in [0, 0.1) is 35.7 Å². The summed E-state index contributed by atoms with van der Waals surface area (Å²) in [5.74, 6) is -3.53. The zero-order valence-corrected chi connectivity index (χ0v) is 13.7. The summed E-state index contributed by atoms with van der Waals surface area (Å²) in [5.41, 5.74) is 2.03. The Kier molecular flexibility index (Phi) is 4.24. The molecule has 3 aromatic rings. The van der Waals surface area contributed by atoms with Gasteiger partial charge in [0.05, 0.1) is 21.7 Å². The van der Waals surface area contributed by atoms with Gasteiger partial charge in [0, 0.05) is 24.4 Å². The normalized spacial score (nSPS) is 12.3. The van der Waals surface area contributed by atoms with Crippen LogP contribution in [-0.2, 0) is 6.42 Å². The topological polar surface area (TPSA) is 49.6 Å². The zero-order chi connectivity index (χ0) is 17.4. The van der Waals surface area contributed by atoms with Crippen LogP contribution >= 0.6 is 11.3 Å². The Labute approximate surface area is 140 Å². The van der Waals surface area contributed by atoms with E-state index in [1.54, 1.807) is 13.1 Å². The van der Waals surface area contributed by atoms with E-state index in [4.69, 9.17) is 5.26 Å². The standard InChI is InChI=1S/C17H12F3N3S/c1-8(6-21)11-3-10(9(2)22-7-11)4-14-23-16-15(20)12(18)5-13(19)17(16)24-14/h3,5,7-8H,4H2,1-2H3. The van der Waals surface area contributed by atoms with Gasteiger partial charge in [-0.15, -0.1) is 11.3 Å². The smallest absolute Gasteiger partial charge is 0.186 e. The lowest BCUT2D eigenvalue weighted by atomic mass is 10.0. The Balaban J connectivity index is 2.03. The van der Waals surface area contributed by atoms with Crippen LogP contribution in [0.4, 0.5) is 13.2 Å². The molecule has 2 aromatic heterocycles. The maximum Gasteiger partial charge on any atom is 0.186 e. The molecule has 1 aromatic carbocycles. The SMILES string of the molecule is Cc1ncc(C(C)C#N)cc1Cc1nc2c(F)c(F)cc(F)c2s1. The lowest BCUT2D eigenvalue weighted by Crippen LogP contribution is -1.99. The molecule has 0 spiro atoms. The molecule has 7 heteroatoms. The average Bonchev–Trinajstić information content (AvgIpc) is 2.98. The first-order chi connectivity index (χ1) is 11.4. The second kappa shape index (κ2) is 6.21. The van der Waals surface area contributed by atoms with E-state index in [9.17, 15) is 13.2 Å². The van der Waals surface area contributed by atoms with E-state index in [0.29, 0.717) is 17.5 Å². The molecule has 3 nitrogen and oxygen atoms in total. The van der Waals surface area contributed by atoms with Gasteiger partial charge < -0.3 is 0 Å². The van der Waals surface area contributed by atoms with Crippen molar-refractivity contribution < 1.29 is 13.2 Å². The lowest BCUT2D eigenvalue weighted by Gasteiger charge is -2.08. The number of rotatable bonds is 3. The number of hydrogen-bond donors (Lipinski definition) is 0. The van der Waals surface area contributed by atoms with Gasteiger partial charge in [-0.1, -0.05) is 6.07 Å². The predicted octanol–water partition coefficient (Wildman–Crippen LogP) is 4.63. The van der Waals surface area contributed by atoms with Crippen molar-refractivity contribution in [2.45, 2.75) is 26.2 Å². The molecule has 0 bridgehead atoms. The van der Waals surface area contributed by atoms with Crippen molar-refractivity contribution in [3.8, 4) is 6.07 Å². The van der Waals surface area contributed by atoms with Gasteiger partial charge in [-0.05, 0) is 25.0 Å². The van der Waals surface area contributed by atoms with E-state index < -0.39 is 17.5 Å². The second-order valence-corrected chi connectivity index (χ2v) is 6.56. The first-order valence-electron chi connectivity index (χ1n) is 7.18. The third-order valence-corrected chi connectivity index (χ3v) is 4.87. The van der Waals surface area contributed by atoms with Crippen molar-refractivity contribution in [2.75, 3.05) is 0 Å². The van der Waals surface area contributed by atoms with Gasteiger partial charge in [0.2, 0.25) is 0 Å². The van der Waals surface area contributed by atoms with Gasteiger partial charge >= 0.3 is 0 Å². The molecule has 0 amide bonds. The first-order valence-corrected chi connectivity index (χ1v) is 8.00. The second-order valence-electron chi connectivity index (χ2n) is 5.48. The highest BCUT2D eigenvalue weighted by Gasteiger charge is 2.18. The van der Waals surface area contributed by atoms with Crippen molar-refractivity contribution in [1.82, 2.24) is 9.97 Å². The van der Waals surface area contributed by atoms with Crippen LogP contribution in [0.1, 0.15) is 34.7 Å². The molecule has 0 aliphatic heterocycles. The fourth-order valence-corrected chi connectivity index (χ4v) is 3.34. The van der Waals surface area contributed by atoms with E-state index in [1.165, 1.54) is 0 Å². The van der Waals surface area contributed by atoms with E-state index >= 15 is 0 Å². The predicted molar refractivity (Wildman–Crippen MR) is 85.3 cm³/mol. The molecular formula is C17H12F3N3S. The number of hydrogen-bond acceptors (Lipinski definition) is 4. The number of fused-ring (bicyclic) bond motifs is 1. The van der Waals surface area contributed by atoms with Gasteiger partial charge in [0.25, 0.3) is 0 Å². The molecule has 1 unspecified atom stereocenters. The molecule has 1 atom stereocenters. The first kappa shape index (κ1) is 16.4. The molecular weight excluding hydrogens is 335 g/mol. The van der Waals surface area contributed by atoms with Gasteiger partial charge in [-0.2, -0.15) is 5.26 Å². The third-order valence-electron chi connectivity index (χ3n) is 3.81. The Morgan fingerprint density at radius 1 is 1.25 bits per heavy atom. The molecule has 0 aliphatic rings. The molecule has 0 radical (unpaired) electrons. The van der Waals surface area contributed by atoms with Crippen molar-refractivity contribution in [3.05, 3.63) is 57.6 Å². The zero-order valence-electron chi connectivity index (χ0n) is 12.9. The van der Waals surface area contributed by atoms with E-state index in [2.05, 4.69) is 16.0 Å². The minimum Gasteiger partial charge on any atom is -0.261 e. The summed E-state index contributed by atoms with van der Waals surface area (Å²) < 4.78 is 40.9. The number of thiazole rings is 1. The minimum atomic E-state index is -1.25. The van der Waals surface area contributed by atoms with Crippen LogP contribution in [0.5, 0.6) is 0 Å². The molecule has 0 N–H and O–H groups in total. The number of pyridine rings is 1. The van der Waals surface area contributed by atoms with Gasteiger partial charge in [0.1, 0.15) is 11.3 Å². The summed E-state index contributed by atoms with van der Waals surface area (Å²) >= 11 is 0.985. The summed E-state index contributed by atoms with van der Waals surface area (Å²) in [5, 5.41) is 9.47. The van der Waals surface area contributed by atoms with Crippen LogP contribution in [0.25, 0.3) is 10.2 Å². The Morgan fingerprint density at radius 3 is 2.71 bits per heavy atom. The summed E-state index contributed by atoms with van der Waals surface area (Å²) in [4.78, 5) is 8.30. The summed E-state index contributed by atoms with van der Waals surface area (Å²) in [6.45, 7) is 3.58. The number of benzene rings is 1. The highest BCUT2D eigenvalue weighted by atomic mass is 32.1. The van der Waals surface area contributed by atoms with Crippen molar-refractivity contribution in [2.24, 2.45) is 0 Å². The average molecular weight is 347 g/mol. The van der Waals surface area contributed by atoms with Gasteiger partial charge in [0.15, 0.2) is 11.6 Å². The van der Waals surface area contributed by atoms with E-state index in [-0.39, 0.29) is 16.1 Å². The van der Waals surface area contributed by atoms with E-state index in [1.807, 2.05) is 13.0 Å². The minimum absolute atomic E-state index is 0.00365. The Bertz CT molecular complexity index is 975. The van der Waals surface area contributed by atoms with Crippen LogP contribution in [0.3, 0.4) is 0 Å². The maximum atomic E-state index is 13.8. The molecule has 122 valence electrons. The molecule has 0 fully saturated rings. The maximum absolute atomic E-state index is 13.8. The third kappa shape index (κ3) is 2.85. The Hall–Kier alpha value is -2.46. The van der Waals surface area contributed by atoms with Crippen molar-refractivity contribution in [1.29, 1.82) is 5.26 Å². The van der Waals surface area contributed by atoms with Gasteiger partial charge in [-0.25, -0.2) is 18.2 Å². The number of nitriles is 1. The number of aryl methyl sites for hydroxylation is 1. The highest BCUT2D eigenvalue weighted by Crippen LogP contribution is 2.30. The van der Waals surface area contributed by atoms with E-state index in [0.717, 1.165) is 28.2 Å². The fraction of sp³-hybridized carbons (Fsp3) is 0.235. The molecule has 0 aliphatic carbocycles. The molecule has 3 rings (SSSR count). The number of nitrogens with zero attached hydrogens (tertiary/aromatic N) is 3. The molecule has 24 heavy (non-hydrogen) atoms. The summed E-state index contributed by atoms with van der Waals surface area (Å²) in [6, 6.07) is 4.51. The van der Waals surface area contributed by atoms with Gasteiger partial charge in [-0.3, -0.25) is 4.98 Å². The van der Waals surface area contributed by atoms with Crippen molar-refractivity contribution in [3.63, 3.8) is 0 Å². The van der Waals surface area contributed by atoms with Crippen LogP contribution in [0.15, 0.2) is 18.3 Å². The number of aromatic nitrogens is 2. The van der Waals surface area contributed by atoms with Crippen LogP contribution in [0.2, 0.25) is 0 Å². The van der Waals surface area contributed by atoms with Crippen molar-refractivity contribution >= 4 is 21.6 Å². The number of halogens is 3. The summed E-state index contributed by atoms with van der Waals surface area (Å²) in [7, 11) is 0. The van der Waals surface area contributed by atoms with Crippen LogP contribution < -0.4 is 0 Å². The molecule has 0 saturated heterocycles. The Morgan fingerprint density at radius 2 is 2.00 bits per heavy atom. The fourth-order valence-electron chi connectivity index (χ4n) is 2.35. The van der Waals surface area contributed by atoms with Crippen LogP contribution in [-0.4, -0.2) is 9.97 Å². The molecule has 2 heterocycles. The molecule has 0 saturated carbocycles.